The minimum Gasteiger partial charge on any atom is -0.481 e. The highest BCUT2D eigenvalue weighted by molar-refractivity contribution is 5.80. The van der Waals surface area contributed by atoms with Gasteiger partial charge in [-0.3, -0.25) is 4.79 Å². The van der Waals surface area contributed by atoms with E-state index in [0.29, 0.717) is 6.54 Å². The number of rotatable bonds is 8. The highest BCUT2D eigenvalue weighted by Gasteiger charge is 2.16. The predicted molar refractivity (Wildman–Crippen MR) is 103 cm³/mol. The van der Waals surface area contributed by atoms with E-state index in [1.54, 1.807) is 6.92 Å². The number of aryl methyl sites for hydroxylation is 3. The van der Waals surface area contributed by atoms with Crippen molar-refractivity contribution in [3.05, 3.63) is 64.7 Å². The van der Waals surface area contributed by atoms with Crippen LogP contribution < -0.4 is 10.1 Å². The number of ether oxygens (including phenoxy) is 1. The first-order valence-corrected chi connectivity index (χ1v) is 9.21. The monoisotopic (exact) mass is 339 g/mol. The molecule has 2 aromatic rings. The molecule has 0 bridgehead atoms. The van der Waals surface area contributed by atoms with E-state index in [9.17, 15) is 4.79 Å². The zero-order valence-electron chi connectivity index (χ0n) is 15.8. The third kappa shape index (κ3) is 5.09. The molecule has 0 spiro atoms. The summed E-state index contributed by atoms with van der Waals surface area (Å²) in [6.45, 7) is 8.70. The Morgan fingerprint density at radius 1 is 0.960 bits per heavy atom. The van der Waals surface area contributed by atoms with Gasteiger partial charge in [-0.2, -0.15) is 0 Å². The Hall–Kier alpha value is -2.29. The van der Waals surface area contributed by atoms with E-state index in [1.807, 2.05) is 24.3 Å². The largest absolute Gasteiger partial charge is 0.481 e. The number of para-hydroxylation sites is 1. The van der Waals surface area contributed by atoms with Gasteiger partial charge in [-0.15, -0.1) is 0 Å². The Bertz CT molecular complexity index is 709. The minimum atomic E-state index is -0.521. The number of hydrogen-bond donors (Lipinski definition) is 1. The third-order valence-corrected chi connectivity index (χ3v) is 4.54. The summed E-state index contributed by atoms with van der Waals surface area (Å²) in [6, 6.07) is 14.4. The van der Waals surface area contributed by atoms with Crippen molar-refractivity contribution in [2.24, 2.45) is 0 Å². The smallest absolute Gasteiger partial charge is 0.261 e. The van der Waals surface area contributed by atoms with E-state index in [4.69, 9.17) is 4.74 Å². The average molecular weight is 339 g/mol. The molecule has 0 saturated heterocycles. The van der Waals surface area contributed by atoms with Gasteiger partial charge < -0.3 is 10.1 Å². The molecule has 0 heterocycles. The molecule has 1 N–H and O–H groups in total. The van der Waals surface area contributed by atoms with Gasteiger partial charge in [0.15, 0.2) is 6.10 Å². The molecule has 0 saturated carbocycles. The topological polar surface area (TPSA) is 38.3 Å². The van der Waals surface area contributed by atoms with Gasteiger partial charge in [0.05, 0.1) is 0 Å². The summed E-state index contributed by atoms with van der Waals surface area (Å²) in [5, 5.41) is 3.02. The summed E-state index contributed by atoms with van der Waals surface area (Å²) >= 11 is 0. The maximum Gasteiger partial charge on any atom is 0.261 e. The predicted octanol–water partition coefficient (Wildman–Crippen LogP) is 4.46. The van der Waals surface area contributed by atoms with Crippen LogP contribution in [-0.4, -0.2) is 12.0 Å². The summed E-state index contributed by atoms with van der Waals surface area (Å²) in [7, 11) is 0. The SMILES string of the molecule is CCc1ccc(CC)c(CNC(=O)[C@H](C)Oc2ccccc2CC)c1. The quantitative estimate of drug-likeness (QED) is 0.771. The van der Waals surface area contributed by atoms with Crippen LogP contribution in [0.15, 0.2) is 42.5 Å². The highest BCUT2D eigenvalue weighted by Crippen LogP contribution is 2.20. The average Bonchev–Trinajstić information content (AvgIpc) is 2.66. The number of carbonyl (C=O) groups excluding carboxylic acids is 1. The lowest BCUT2D eigenvalue weighted by atomic mass is 10.0. The molecule has 134 valence electrons. The standard InChI is InChI=1S/C22H29NO2/c1-5-17-12-13-18(6-2)20(14-17)15-23-22(24)16(4)25-21-11-9-8-10-19(21)7-3/h8-14,16H,5-7,15H2,1-4H3,(H,23,24)/t16-/m0/s1. The van der Waals surface area contributed by atoms with E-state index in [0.717, 1.165) is 30.6 Å². The molecular weight excluding hydrogens is 310 g/mol. The highest BCUT2D eigenvalue weighted by atomic mass is 16.5. The summed E-state index contributed by atoms with van der Waals surface area (Å²) in [5.74, 6) is 0.699. The molecule has 25 heavy (non-hydrogen) atoms. The Kier molecular flexibility index (Phi) is 7.05. The maximum atomic E-state index is 12.4. The molecule has 0 aliphatic carbocycles. The molecule has 3 nitrogen and oxygen atoms in total. The van der Waals surface area contributed by atoms with E-state index in [-0.39, 0.29) is 5.91 Å². The molecule has 1 atom stereocenters. The second kappa shape index (κ2) is 9.26. The van der Waals surface area contributed by atoms with E-state index in [2.05, 4.69) is 44.3 Å². The van der Waals surface area contributed by atoms with Crippen LogP contribution in [0.3, 0.4) is 0 Å². The molecule has 0 aromatic heterocycles. The van der Waals surface area contributed by atoms with Crippen LogP contribution in [0.5, 0.6) is 5.75 Å². The van der Waals surface area contributed by atoms with Crippen molar-refractivity contribution in [1.82, 2.24) is 5.32 Å². The van der Waals surface area contributed by atoms with Crippen molar-refractivity contribution in [2.45, 2.75) is 59.6 Å². The van der Waals surface area contributed by atoms with Crippen molar-refractivity contribution in [3.63, 3.8) is 0 Å². The molecule has 0 aliphatic rings. The molecule has 1 amide bonds. The number of nitrogens with one attached hydrogen (secondary N) is 1. The van der Waals surface area contributed by atoms with Crippen LogP contribution in [0.25, 0.3) is 0 Å². The number of carbonyl (C=O) groups is 1. The van der Waals surface area contributed by atoms with Gasteiger partial charge >= 0.3 is 0 Å². The summed E-state index contributed by atoms with van der Waals surface area (Å²) in [5.41, 5.74) is 4.88. The normalized spacial score (nSPS) is 11.8. The lowest BCUT2D eigenvalue weighted by Gasteiger charge is -2.18. The molecule has 0 aliphatic heterocycles. The van der Waals surface area contributed by atoms with Crippen molar-refractivity contribution >= 4 is 5.91 Å². The Balaban J connectivity index is 2.00. The first-order valence-electron chi connectivity index (χ1n) is 9.21. The van der Waals surface area contributed by atoms with Crippen molar-refractivity contribution in [3.8, 4) is 5.75 Å². The van der Waals surface area contributed by atoms with Gasteiger partial charge in [0.25, 0.3) is 5.91 Å². The van der Waals surface area contributed by atoms with Crippen LogP contribution in [0.1, 0.15) is 49.9 Å². The Morgan fingerprint density at radius 2 is 1.68 bits per heavy atom. The lowest BCUT2D eigenvalue weighted by Crippen LogP contribution is -2.36. The van der Waals surface area contributed by atoms with Gasteiger partial charge in [0, 0.05) is 6.54 Å². The van der Waals surface area contributed by atoms with Crippen molar-refractivity contribution < 1.29 is 9.53 Å². The lowest BCUT2D eigenvalue weighted by molar-refractivity contribution is -0.127. The fraction of sp³-hybridized carbons (Fsp3) is 0.409. The van der Waals surface area contributed by atoms with Gasteiger partial charge in [-0.05, 0) is 54.5 Å². The van der Waals surface area contributed by atoms with E-state index >= 15 is 0 Å². The first-order chi connectivity index (χ1) is 12.1. The van der Waals surface area contributed by atoms with E-state index in [1.165, 1.54) is 16.7 Å². The summed E-state index contributed by atoms with van der Waals surface area (Å²) in [6.07, 6.45) is 2.32. The zero-order valence-corrected chi connectivity index (χ0v) is 15.8. The van der Waals surface area contributed by atoms with Gasteiger partial charge in [0.2, 0.25) is 0 Å². The number of amides is 1. The van der Waals surface area contributed by atoms with Gasteiger partial charge in [-0.25, -0.2) is 0 Å². The van der Waals surface area contributed by atoms with Crippen LogP contribution in [0.4, 0.5) is 0 Å². The van der Waals surface area contributed by atoms with Crippen LogP contribution >= 0.6 is 0 Å². The Labute approximate surface area is 151 Å². The Morgan fingerprint density at radius 3 is 2.36 bits per heavy atom. The summed E-state index contributed by atoms with van der Waals surface area (Å²) in [4.78, 5) is 12.4. The van der Waals surface area contributed by atoms with Crippen LogP contribution in [0.2, 0.25) is 0 Å². The molecule has 0 unspecified atom stereocenters. The van der Waals surface area contributed by atoms with Crippen molar-refractivity contribution in [1.29, 1.82) is 0 Å². The molecule has 2 aromatic carbocycles. The molecule has 2 rings (SSSR count). The second-order valence-corrected chi connectivity index (χ2v) is 6.25. The minimum absolute atomic E-state index is 0.0881. The van der Waals surface area contributed by atoms with Crippen LogP contribution in [0, 0.1) is 0 Å². The molecule has 3 heteroatoms. The number of hydrogen-bond acceptors (Lipinski definition) is 2. The molecule has 0 radical (unpaired) electrons. The zero-order chi connectivity index (χ0) is 18.2. The van der Waals surface area contributed by atoms with Crippen molar-refractivity contribution in [2.75, 3.05) is 0 Å². The third-order valence-electron chi connectivity index (χ3n) is 4.54. The summed E-state index contributed by atoms with van der Waals surface area (Å²) < 4.78 is 5.88. The fourth-order valence-electron chi connectivity index (χ4n) is 2.89. The van der Waals surface area contributed by atoms with E-state index < -0.39 is 6.10 Å². The van der Waals surface area contributed by atoms with Gasteiger partial charge in [-0.1, -0.05) is 57.2 Å². The van der Waals surface area contributed by atoms with Crippen LogP contribution in [-0.2, 0) is 30.6 Å². The molecule has 0 fully saturated rings. The van der Waals surface area contributed by atoms with Gasteiger partial charge in [0.1, 0.15) is 5.75 Å². The fourth-order valence-corrected chi connectivity index (χ4v) is 2.89. The first kappa shape index (κ1) is 19.0. The second-order valence-electron chi connectivity index (χ2n) is 6.25. The molecular formula is C22H29NO2. The maximum absolute atomic E-state index is 12.4. The number of benzene rings is 2.